The molecule has 1 aliphatic rings. The number of nitrogens with two attached hydrogens (primary N) is 1. The monoisotopic (exact) mass is 304 g/mol. The number of aromatic nitrogens is 1. The Hall–Kier alpha value is -2.11. The van der Waals surface area contributed by atoms with Gasteiger partial charge in [0, 0.05) is 25.6 Å². The Labute approximate surface area is 131 Å². The predicted octanol–water partition coefficient (Wildman–Crippen LogP) is 1.63. The molecule has 0 atom stereocenters. The number of rotatable bonds is 5. The van der Waals surface area contributed by atoms with E-state index in [1.165, 1.54) is 0 Å². The summed E-state index contributed by atoms with van der Waals surface area (Å²) in [6.07, 6.45) is 2.37. The zero-order chi connectivity index (χ0) is 16.1. The lowest BCUT2D eigenvalue weighted by Crippen LogP contribution is -2.42. The van der Waals surface area contributed by atoms with Gasteiger partial charge in [-0.15, -0.1) is 0 Å². The van der Waals surface area contributed by atoms with E-state index in [0.29, 0.717) is 18.2 Å². The van der Waals surface area contributed by atoms with Crippen LogP contribution in [0.5, 0.6) is 0 Å². The minimum absolute atomic E-state index is 0.238. The first kappa shape index (κ1) is 16.3. The molecule has 1 aromatic rings. The van der Waals surface area contributed by atoms with E-state index in [9.17, 15) is 9.59 Å². The maximum Gasteiger partial charge on any atom is 0.267 e. The van der Waals surface area contributed by atoms with Crippen LogP contribution in [0.1, 0.15) is 43.6 Å². The van der Waals surface area contributed by atoms with E-state index < -0.39 is 5.91 Å². The lowest BCUT2D eigenvalue weighted by atomic mass is 10.0. The van der Waals surface area contributed by atoms with Crippen molar-refractivity contribution in [1.29, 1.82) is 0 Å². The summed E-state index contributed by atoms with van der Waals surface area (Å²) in [6, 6.07) is 5.44. The second-order valence-electron chi connectivity index (χ2n) is 6.17. The van der Waals surface area contributed by atoms with Gasteiger partial charge in [-0.2, -0.15) is 0 Å². The molecule has 0 aliphatic carbocycles. The summed E-state index contributed by atoms with van der Waals surface area (Å²) < 4.78 is 0. The lowest BCUT2D eigenvalue weighted by molar-refractivity contribution is -0.132. The molecule has 2 heterocycles. The lowest BCUT2D eigenvalue weighted by Gasteiger charge is -2.33. The van der Waals surface area contributed by atoms with Crippen LogP contribution in [-0.2, 0) is 4.79 Å². The van der Waals surface area contributed by atoms with E-state index in [1.54, 1.807) is 12.1 Å². The van der Waals surface area contributed by atoms with Crippen LogP contribution in [0.3, 0.4) is 0 Å². The van der Waals surface area contributed by atoms with Crippen molar-refractivity contribution in [2.24, 2.45) is 11.7 Å². The van der Waals surface area contributed by atoms with E-state index in [-0.39, 0.29) is 17.6 Å². The first-order valence-electron chi connectivity index (χ1n) is 7.77. The first-order valence-corrected chi connectivity index (χ1v) is 7.77. The highest BCUT2D eigenvalue weighted by Gasteiger charge is 2.23. The van der Waals surface area contributed by atoms with Gasteiger partial charge in [0.05, 0.1) is 0 Å². The van der Waals surface area contributed by atoms with Gasteiger partial charge in [-0.25, -0.2) is 4.98 Å². The number of carbonyl (C=O) groups excluding carboxylic acids is 2. The summed E-state index contributed by atoms with van der Waals surface area (Å²) >= 11 is 0. The zero-order valence-electron chi connectivity index (χ0n) is 13.2. The minimum Gasteiger partial charge on any atom is -0.367 e. The van der Waals surface area contributed by atoms with Crippen molar-refractivity contribution in [3.05, 3.63) is 23.9 Å². The van der Waals surface area contributed by atoms with Crippen LogP contribution in [0.25, 0.3) is 0 Å². The molecule has 0 spiro atoms. The van der Waals surface area contributed by atoms with E-state index in [1.807, 2.05) is 11.0 Å². The molecule has 0 bridgehead atoms. The van der Waals surface area contributed by atoms with Crippen LogP contribution in [0.15, 0.2) is 18.2 Å². The van der Waals surface area contributed by atoms with Crippen molar-refractivity contribution in [2.75, 3.05) is 18.4 Å². The van der Waals surface area contributed by atoms with Crippen LogP contribution >= 0.6 is 0 Å². The number of carbonyl (C=O) groups is 2. The average Bonchev–Trinajstić information content (AvgIpc) is 2.47. The topological polar surface area (TPSA) is 88.3 Å². The molecule has 2 amide bonds. The summed E-state index contributed by atoms with van der Waals surface area (Å²) in [5.41, 5.74) is 5.49. The van der Waals surface area contributed by atoms with E-state index >= 15 is 0 Å². The molecule has 0 aromatic carbocycles. The molecular weight excluding hydrogens is 280 g/mol. The molecule has 120 valence electrons. The van der Waals surface area contributed by atoms with E-state index in [4.69, 9.17) is 5.73 Å². The van der Waals surface area contributed by atoms with Crippen LogP contribution in [0.2, 0.25) is 0 Å². The van der Waals surface area contributed by atoms with Crippen molar-refractivity contribution in [3.8, 4) is 0 Å². The highest BCUT2D eigenvalue weighted by molar-refractivity contribution is 5.91. The molecule has 6 nitrogen and oxygen atoms in total. The summed E-state index contributed by atoms with van der Waals surface area (Å²) in [6.45, 7) is 5.64. The summed E-state index contributed by atoms with van der Waals surface area (Å²) in [5, 5.41) is 3.32. The largest absolute Gasteiger partial charge is 0.367 e. The quantitative estimate of drug-likeness (QED) is 0.865. The van der Waals surface area contributed by atoms with Gasteiger partial charge < -0.3 is 16.0 Å². The average molecular weight is 304 g/mol. The smallest absolute Gasteiger partial charge is 0.267 e. The van der Waals surface area contributed by atoms with Gasteiger partial charge in [-0.3, -0.25) is 9.59 Å². The highest BCUT2D eigenvalue weighted by Crippen LogP contribution is 2.17. The Morgan fingerprint density at radius 3 is 2.64 bits per heavy atom. The molecule has 1 fully saturated rings. The standard InChI is InChI=1S/C16H24N4O2/c1-11(2)10-15(21)20-8-6-12(7-9-20)18-14-5-3-4-13(19-14)16(17)22/h3-5,11-12H,6-10H2,1-2H3,(H2,17,22)(H,18,19). The number of amides is 2. The van der Waals surface area contributed by atoms with Gasteiger partial charge in [-0.1, -0.05) is 19.9 Å². The number of nitrogens with one attached hydrogen (secondary N) is 1. The number of anilines is 1. The molecule has 1 saturated heterocycles. The Morgan fingerprint density at radius 2 is 2.05 bits per heavy atom. The SMILES string of the molecule is CC(C)CC(=O)N1CCC(Nc2cccc(C(N)=O)n2)CC1. The van der Waals surface area contributed by atoms with Gasteiger partial charge in [0.15, 0.2) is 0 Å². The van der Waals surface area contributed by atoms with Gasteiger partial charge >= 0.3 is 0 Å². The highest BCUT2D eigenvalue weighted by atomic mass is 16.2. The van der Waals surface area contributed by atoms with Crippen molar-refractivity contribution in [2.45, 2.75) is 39.2 Å². The third-order valence-electron chi connectivity index (χ3n) is 3.78. The Morgan fingerprint density at radius 1 is 1.36 bits per heavy atom. The fraction of sp³-hybridized carbons (Fsp3) is 0.562. The van der Waals surface area contributed by atoms with Gasteiger partial charge in [0.2, 0.25) is 5.91 Å². The van der Waals surface area contributed by atoms with Crippen LogP contribution in [-0.4, -0.2) is 40.8 Å². The van der Waals surface area contributed by atoms with Crippen LogP contribution in [0, 0.1) is 5.92 Å². The second kappa shape index (κ2) is 7.24. The first-order chi connectivity index (χ1) is 10.5. The molecule has 0 unspecified atom stereocenters. The molecule has 1 aliphatic heterocycles. The normalized spacial score (nSPS) is 15.9. The summed E-state index contributed by atoms with van der Waals surface area (Å²) in [4.78, 5) is 29.3. The van der Waals surface area contributed by atoms with Gasteiger partial charge in [0.25, 0.3) is 5.91 Å². The predicted molar refractivity (Wildman–Crippen MR) is 85.4 cm³/mol. The zero-order valence-corrected chi connectivity index (χ0v) is 13.2. The minimum atomic E-state index is -0.530. The molecule has 22 heavy (non-hydrogen) atoms. The van der Waals surface area contributed by atoms with Crippen molar-refractivity contribution < 1.29 is 9.59 Å². The van der Waals surface area contributed by atoms with E-state index in [2.05, 4.69) is 24.1 Å². The maximum absolute atomic E-state index is 12.0. The van der Waals surface area contributed by atoms with Crippen LogP contribution < -0.4 is 11.1 Å². The van der Waals surface area contributed by atoms with E-state index in [0.717, 1.165) is 25.9 Å². The fourth-order valence-electron chi connectivity index (χ4n) is 2.61. The third kappa shape index (κ3) is 4.44. The van der Waals surface area contributed by atoms with Crippen LogP contribution in [0.4, 0.5) is 5.82 Å². The Bertz CT molecular complexity index is 537. The molecule has 0 saturated carbocycles. The number of hydrogen-bond acceptors (Lipinski definition) is 4. The number of pyridine rings is 1. The van der Waals surface area contributed by atoms with Crippen molar-refractivity contribution in [1.82, 2.24) is 9.88 Å². The molecule has 2 rings (SSSR count). The number of piperidine rings is 1. The number of nitrogens with zero attached hydrogens (tertiary/aromatic N) is 2. The molecule has 0 radical (unpaired) electrons. The Balaban J connectivity index is 1.86. The number of primary amides is 1. The Kier molecular flexibility index (Phi) is 5.35. The van der Waals surface area contributed by atoms with Crippen molar-refractivity contribution in [3.63, 3.8) is 0 Å². The molecular formula is C16H24N4O2. The third-order valence-corrected chi connectivity index (χ3v) is 3.78. The number of likely N-dealkylation sites (tertiary alicyclic amines) is 1. The van der Waals surface area contributed by atoms with Gasteiger partial charge in [-0.05, 0) is 30.9 Å². The fourth-order valence-corrected chi connectivity index (χ4v) is 2.61. The summed E-state index contributed by atoms with van der Waals surface area (Å²) in [5.74, 6) is 0.757. The molecule has 3 N–H and O–H groups in total. The number of hydrogen-bond donors (Lipinski definition) is 2. The maximum atomic E-state index is 12.0. The van der Waals surface area contributed by atoms with Gasteiger partial charge in [0.1, 0.15) is 11.5 Å². The molecule has 1 aromatic heterocycles. The summed E-state index contributed by atoms with van der Waals surface area (Å²) in [7, 11) is 0. The second-order valence-corrected chi connectivity index (χ2v) is 6.17. The van der Waals surface area contributed by atoms with Crippen molar-refractivity contribution >= 4 is 17.6 Å². The molecule has 6 heteroatoms.